The van der Waals surface area contributed by atoms with Crippen molar-refractivity contribution >= 4 is 5.97 Å². The third-order valence-corrected chi connectivity index (χ3v) is 4.71. The number of hydrogen-bond donors (Lipinski definition) is 4. The summed E-state index contributed by atoms with van der Waals surface area (Å²) in [6.07, 6.45) is 5.41. The Balaban J connectivity index is -0.000000911. The molecule has 0 saturated carbocycles. The first-order valence-electron chi connectivity index (χ1n) is 10.7. The zero-order valence-electron chi connectivity index (χ0n) is 18.7. The fourth-order valence-electron chi connectivity index (χ4n) is 3.17. The van der Waals surface area contributed by atoms with Crippen molar-refractivity contribution in [2.24, 2.45) is 0 Å². The fourth-order valence-corrected chi connectivity index (χ4v) is 3.17. The first-order valence-corrected chi connectivity index (χ1v) is 10.7. The Morgan fingerprint density at radius 1 is 0.871 bits per heavy atom. The van der Waals surface area contributed by atoms with Crippen LogP contribution in [0.1, 0.15) is 50.6 Å². The monoisotopic (exact) mass is 522 g/mol. The molecule has 6 nitrogen and oxygen atoms in total. The molecule has 0 radical (unpaired) electrons. The van der Waals surface area contributed by atoms with E-state index >= 15 is 0 Å². The van der Waals surface area contributed by atoms with Crippen LogP contribution in [-0.4, -0.2) is 51.8 Å². The molecule has 0 aliphatic heterocycles. The lowest BCUT2D eigenvalue weighted by Gasteiger charge is -2.15. The molecule has 0 fully saturated rings. The molecule has 9 N–H and O–H groups in total. The molecule has 1 atom stereocenters. The average Bonchev–Trinajstić information content (AvgIpc) is 2.69. The van der Waals surface area contributed by atoms with Crippen LogP contribution in [0.2, 0.25) is 0 Å². The molecule has 0 saturated heterocycles. The highest BCUT2D eigenvalue weighted by Gasteiger charge is 2.19. The lowest BCUT2D eigenvalue weighted by molar-refractivity contribution is -0.707. The molecule has 1 aromatic rings. The Morgan fingerprint density at radius 2 is 1.42 bits per heavy atom. The number of unbranched alkanes of at least 4 members (excludes halogenated alkanes) is 1. The summed E-state index contributed by atoms with van der Waals surface area (Å²) in [6.45, 7) is 9.22. The van der Waals surface area contributed by atoms with E-state index in [-0.39, 0.29) is 61.6 Å². The van der Waals surface area contributed by atoms with E-state index in [1.54, 1.807) is 0 Å². The van der Waals surface area contributed by atoms with Crippen LogP contribution >= 0.6 is 0 Å². The quantitative estimate of drug-likeness (QED) is 0.120. The molecule has 0 aliphatic carbocycles. The summed E-state index contributed by atoms with van der Waals surface area (Å²) in [5, 5.41) is 7.12. The predicted octanol–water partition coefficient (Wildman–Crippen LogP) is -13.8. The molecule has 0 heterocycles. The molecule has 1 unspecified atom stereocenters. The lowest BCUT2D eigenvalue weighted by Crippen LogP contribution is -3.00. The Hall–Kier alpha value is -0.310. The summed E-state index contributed by atoms with van der Waals surface area (Å²) in [5.74, 6) is -0.110. The van der Waals surface area contributed by atoms with Crippen molar-refractivity contribution in [2.75, 3.05) is 45.9 Å². The smallest absolute Gasteiger partial charge is 0.312 e. The maximum absolute atomic E-state index is 11.9. The van der Waals surface area contributed by atoms with E-state index in [1.165, 1.54) is 44.5 Å². The number of rotatable bonds is 17. The van der Waals surface area contributed by atoms with Crippen molar-refractivity contribution in [3.8, 4) is 0 Å². The van der Waals surface area contributed by atoms with Crippen molar-refractivity contribution in [1.29, 1.82) is 0 Å². The summed E-state index contributed by atoms with van der Waals surface area (Å²) in [4.78, 5) is 11.9. The van der Waals surface area contributed by atoms with E-state index in [2.05, 4.69) is 33.8 Å². The van der Waals surface area contributed by atoms with Gasteiger partial charge in [-0.25, -0.2) is 0 Å². The number of halogens is 4. The number of nitrogens with two attached hydrogens (primary N) is 3. The minimum Gasteiger partial charge on any atom is -1.00 e. The van der Waals surface area contributed by atoms with E-state index in [9.17, 15) is 4.79 Å². The number of ether oxygens (including phenoxy) is 1. The summed E-state index contributed by atoms with van der Waals surface area (Å²) < 4.78 is 5.14. The number of esters is 1. The Labute approximate surface area is 213 Å². The molecule has 0 aromatic heterocycles. The summed E-state index contributed by atoms with van der Waals surface area (Å²) in [6, 6.07) is 10.4. The second-order valence-corrected chi connectivity index (χ2v) is 7.05. The zero-order valence-corrected chi connectivity index (χ0v) is 21.7. The van der Waals surface area contributed by atoms with Crippen LogP contribution in [0.5, 0.6) is 0 Å². The normalized spacial score (nSPS) is 10.5. The van der Waals surface area contributed by atoms with E-state index in [4.69, 9.17) is 4.74 Å². The first-order chi connectivity index (χ1) is 13.3. The van der Waals surface area contributed by atoms with Gasteiger partial charge in [0.1, 0.15) is 12.5 Å². The Kier molecular flexibility index (Phi) is 34.0. The third kappa shape index (κ3) is 21.3. The van der Waals surface area contributed by atoms with Crippen LogP contribution in [0.15, 0.2) is 30.3 Å². The molecule has 0 bridgehead atoms. The van der Waals surface area contributed by atoms with Gasteiger partial charge in [0.15, 0.2) is 0 Å². The van der Waals surface area contributed by atoms with E-state index in [1.807, 2.05) is 25.1 Å². The fraction of sp³-hybridized carbons (Fsp3) is 0.667. The molecule has 0 aliphatic rings. The van der Waals surface area contributed by atoms with Gasteiger partial charge in [0.05, 0.1) is 45.9 Å². The zero-order chi connectivity index (χ0) is 19.6. The molecule has 0 spiro atoms. The van der Waals surface area contributed by atoms with Crippen LogP contribution in [0, 0.1) is 0 Å². The van der Waals surface area contributed by atoms with Gasteiger partial charge in [0.2, 0.25) is 0 Å². The number of carbonyl (C=O) groups excluding carboxylic acids is 1. The lowest BCUT2D eigenvalue weighted by atomic mass is 10.0. The van der Waals surface area contributed by atoms with Gasteiger partial charge >= 0.3 is 5.97 Å². The van der Waals surface area contributed by atoms with Gasteiger partial charge < -0.3 is 76.0 Å². The van der Waals surface area contributed by atoms with E-state index < -0.39 is 0 Å². The molecular formula is C21H42Cl4N4O2. The van der Waals surface area contributed by atoms with Gasteiger partial charge in [-0.05, 0) is 6.92 Å². The number of quaternary nitrogens is 4. The van der Waals surface area contributed by atoms with Crippen molar-refractivity contribution in [1.82, 2.24) is 0 Å². The van der Waals surface area contributed by atoms with Gasteiger partial charge in [-0.3, -0.25) is 4.79 Å². The first kappa shape index (κ1) is 38.0. The van der Waals surface area contributed by atoms with Gasteiger partial charge in [-0.1, -0.05) is 30.3 Å². The van der Waals surface area contributed by atoms with Crippen molar-refractivity contribution in [3.63, 3.8) is 0 Å². The number of carbonyl (C=O) groups is 1. The molecule has 31 heavy (non-hydrogen) atoms. The standard InChI is InChI=1S/C21H38N4O2.4ClH/c1-2-27-21(26)18-20(19-10-4-3-5-11-19)25-17-9-16-24-14-7-6-13-23-15-8-12-22;;;;/h3-5,10-11,20,23-25H,2,6-9,12-18,22H2,1H3;4*1H. The minimum absolute atomic E-state index is 0. The van der Waals surface area contributed by atoms with Crippen LogP contribution in [0.25, 0.3) is 0 Å². The SMILES string of the molecule is CCOC(=O)CC([NH2+]CCC[NH2+]CCCC[NH2+]CCC[NH3+])c1ccccc1.[Cl-].[Cl-].[Cl-].[Cl-]. The van der Waals surface area contributed by atoms with Gasteiger partial charge in [-0.2, -0.15) is 0 Å². The van der Waals surface area contributed by atoms with Gasteiger partial charge in [0, 0.05) is 31.2 Å². The predicted molar refractivity (Wildman–Crippen MR) is 107 cm³/mol. The number of benzene rings is 1. The molecular weight excluding hydrogens is 482 g/mol. The Morgan fingerprint density at radius 3 is 1.97 bits per heavy atom. The third-order valence-electron chi connectivity index (χ3n) is 4.71. The van der Waals surface area contributed by atoms with Crippen LogP contribution in [0.3, 0.4) is 0 Å². The minimum atomic E-state index is -0.110. The molecule has 1 aromatic carbocycles. The van der Waals surface area contributed by atoms with Gasteiger partial charge in [-0.15, -0.1) is 0 Å². The summed E-state index contributed by atoms with van der Waals surface area (Å²) in [5.41, 5.74) is 5.07. The van der Waals surface area contributed by atoms with Gasteiger partial charge in [0.25, 0.3) is 0 Å². The second kappa shape index (κ2) is 27.7. The van der Waals surface area contributed by atoms with Crippen molar-refractivity contribution in [3.05, 3.63) is 35.9 Å². The van der Waals surface area contributed by atoms with Crippen LogP contribution < -0.4 is 71.3 Å². The van der Waals surface area contributed by atoms with E-state index in [0.29, 0.717) is 13.0 Å². The molecule has 186 valence electrons. The highest BCUT2D eigenvalue weighted by molar-refractivity contribution is 5.70. The summed E-state index contributed by atoms with van der Waals surface area (Å²) >= 11 is 0. The Bertz CT molecular complexity index is 488. The van der Waals surface area contributed by atoms with Crippen LogP contribution in [0.4, 0.5) is 0 Å². The molecule has 1 rings (SSSR count). The highest BCUT2D eigenvalue weighted by Crippen LogP contribution is 2.12. The highest BCUT2D eigenvalue weighted by atomic mass is 35.5. The molecule has 10 heteroatoms. The maximum atomic E-state index is 11.9. The summed E-state index contributed by atoms with van der Waals surface area (Å²) in [7, 11) is 0. The molecule has 0 amide bonds. The topological polar surface area (TPSA) is 104 Å². The maximum Gasteiger partial charge on any atom is 0.312 e. The van der Waals surface area contributed by atoms with Crippen molar-refractivity contribution < 1.29 is 80.8 Å². The van der Waals surface area contributed by atoms with Crippen LogP contribution in [-0.2, 0) is 9.53 Å². The largest absolute Gasteiger partial charge is 1.00 e. The number of hydrogen-bond acceptors (Lipinski definition) is 2. The average molecular weight is 524 g/mol. The van der Waals surface area contributed by atoms with Crippen molar-refractivity contribution in [2.45, 2.75) is 45.1 Å². The van der Waals surface area contributed by atoms with E-state index in [0.717, 1.165) is 26.1 Å². The second-order valence-electron chi connectivity index (χ2n) is 7.05.